The summed E-state index contributed by atoms with van der Waals surface area (Å²) in [6.07, 6.45) is 3.73. The first-order valence-corrected chi connectivity index (χ1v) is 7.20. The average Bonchev–Trinajstić information content (AvgIpc) is 3.02. The molecule has 3 heteroatoms. The Morgan fingerprint density at radius 2 is 1.86 bits per heavy atom. The van der Waals surface area contributed by atoms with Gasteiger partial charge < -0.3 is 5.32 Å². The van der Waals surface area contributed by atoms with Crippen LogP contribution in [0.15, 0.2) is 67.0 Å². The van der Waals surface area contributed by atoms with Crippen LogP contribution in [0.2, 0.25) is 0 Å². The van der Waals surface area contributed by atoms with E-state index in [1.165, 1.54) is 5.56 Å². The fourth-order valence-corrected chi connectivity index (χ4v) is 2.42. The van der Waals surface area contributed by atoms with Crippen LogP contribution in [-0.2, 0) is 0 Å². The van der Waals surface area contributed by atoms with Crippen LogP contribution < -0.4 is 5.32 Å². The fraction of sp³-hybridized carbons (Fsp3) is 0.167. The third-order valence-electron chi connectivity index (χ3n) is 3.48. The Hall–Kier alpha value is -2.55. The Morgan fingerprint density at radius 1 is 1.00 bits per heavy atom. The highest BCUT2D eigenvalue weighted by Gasteiger charge is 2.06. The maximum atomic E-state index is 4.27. The van der Waals surface area contributed by atoms with E-state index in [0.717, 1.165) is 17.1 Å². The molecule has 0 bridgehead atoms. The summed E-state index contributed by atoms with van der Waals surface area (Å²) in [7, 11) is 0. The molecule has 1 aromatic heterocycles. The summed E-state index contributed by atoms with van der Waals surface area (Å²) in [4.78, 5) is 0. The predicted molar refractivity (Wildman–Crippen MR) is 87.4 cm³/mol. The number of nitrogens with zero attached hydrogens (tertiary/aromatic N) is 2. The first-order chi connectivity index (χ1) is 10.2. The van der Waals surface area contributed by atoms with Crippen LogP contribution in [0.4, 0.5) is 11.4 Å². The van der Waals surface area contributed by atoms with Crippen molar-refractivity contribution >= 4 is 11.4 Å². The predicted octanol–water partition coefficient (Wildman–Crippen LogP) is 4.74. The number of para-hydroxylation sites is 1. The van der Waals surface area contributed by atoms with Gasteiger partial charge in [-0.3, -0.25) is 0 Å². The molecule has 2 aromatic carbocycles. The van der Waals surface area contributed by atoms with Gasteiger partial charge in [0.05, 0.1) is 5.69 Å². The molecule has 0 atom stereocenters. The van der Waals surface area contributed by atoms with Gasteiger partial charge in [-0.1, -0.05) is 38.1 Å². The molecule has 3 rings (SSSR count). The Balaban J connectivity index is 1.91. The molecule has 0 aliphatic heterocycles. The van der Waals surface area contributed by atoms with Crippen LogP contribution in [0.3, 0.4) is 0 Å². The summed E-state index contributed by atoms with van der Waals surface area (Å²) >= 11 is 0. The van der Waals surface area contributed by atoms with Gasteiger partial charge in [0.2, 0.25) is 0 Å². The van der Waals surface area contributed by atoms with E-state index in [2.05, 4.69) is 60.7 Å². The van der Waals surface area contributed by atoms with E-state index in [0.29, 0.717) is 5.92 Å². The lowest BCUT2D eigenvalue weighted by molar-refractivity contribution is 0.869. The topological polar surface area (TPSA) is 29.9 Å². The lowest BCUT2D eigenvalue weighted by atomic mass is 10.0. The molecule has 0 amide bonds. The summed E-state index contributed by atoms with van der Waals surface area (Å²) < 4.78 is 1.86. The second-order valence-corrected chi connectivity index (χ2v) is 5.37. The van der Waals surface area contributed by atoms with Crippen LogP contribution in [0.5, 0.6) is 0 Å². The lowest BCUT2D eigenvalue weighted by Gasteiger charge is -2.15. The smallest absolute Gasteiger partial charge is 0.0666 e. The number of nitrogens with one attached hydrogen (secondary N) is 1. The van der Waals surface area contributed by atoms with Gasteiger partial charge in [0, 0.05) is 23.8 Å². The number of anilines is 2. The summed E-state index contributed by atoms with van der Waals surface area (Å²) in [5.74, 6) is 0.489. The van der Waals surface area contributed by atoms with Gasteiger partial charge in [-0.25, -0.2) is 4.68 Å². The van der Waals surface area contributed by atoms with Crippen LogP contribution in [0.25, 0.3) is 5.69 Å². The molecule has 1 N–H and O–H groups in total. The summed E-state index contributed by atoms with van der Waals surface area (Å²) in [5, 5.41) is 7.78. The van der Waals surface area contributed by atoms with E-state index < -0.39 is 0 Å². The number of benzene rings is 2. The van der Waals surface area contributed by atoms with Gasteiger partial charge in [0.15, 0.2) is 0 Å². The van der Waals surface area contributed by atoms with E-state index in [4.69, 9.17) is 0 Å². The van der Waals surface area contributed by atoms with Crippen LogP contribution in [0.1, 0.15) is 25.3 Å². The molecule has 0 aliphatic carbocycles. The molecule has 3 nitrogen and oxygen atoms in total. The molecule has 0 saturated carbocycles. The summed E-state index contributed by atoms with van der Waals surface area (Å²) in [5.41, 5.74) is 4.59. The Labute approximate surface area is 125 Å². The highest BCUT2D eigenvalue weighted by Crippen LogP contribution is 2.27. The molecule has 1 heterocycles. The van der Waals surface area contributed by atoms with E-state index in [-0.39, 0.29) is 0 Å². The van der Waals surface area contributed by atoms with E-state index >= 15 is 0 Å². The fourth-order valence-electron chi connectivity index (χ4n) is 2.42. The molecular weight excluding hydrogens is 258 g/mol. The normalized spacial score (nSPS) is 10.8. The highest BCUT2D eigenvalue weighted by molar-refractivity contribution is 5.65. The van der Waals surface area contributed by atoms with Crippen molar-refractivity contribution in [2.75, 3.05) is 5.32 Å². The minimum absolute atomic E-state index is 0.489. The SMILES string of the molecule is CC(C)c1ccccc1Nc1cccc(-n2cccn2)c1. The minimum atomic E-state index is 0.489. The third kappa shape index (κ3) is 2.97. The molecule has 0 unspecified atom stereocenters. The van der Waals surface area contributed by atoms with Crippen molar-refractivity contribution in [1.82, 2.24) is 9.78 Å². The maximum absolute atomic E-state index is 4.27. The lowest BCUT2D eigenvalue weighted by Crippen LogP contribution is -1.99. The van der Waals surface area contributed by atoms with E-state index in [9.17, 15) is 0 Å². The van der Waals surface area contributed by atoms with E-state index in [1.54, 1.807) is 6.20 Å². The zero-order valence-electron chi connectivity index (χ0n) is 12.3. The monoisotopic (exact) mass is 277 g/mol. The highest BCUT2D eigenvalue weighted by atomic mass is 15.3. The minimum Gasteiger partial charge on any atom is -0.355 e. The van der Waals surface area contributed by atoms with Crippen molar-refractivity contribution in [3.05, 3.63) is 72.6 Å². The van der Waals surface area contributed by atoms with Crippen molar-refractivity contribution in [2.24, 2.45) is 0 Å². The molecule has 21 heavy (non-hydrogen) atoms. The van der Waals surface area contributed by atoms with Crippen molar-refractivity contribution < 1.29 is 0 Å². The molecule has 0 fully saturated rings. The molecule has 0 saturated heterocycles. The summed E-state index contributed by atoms with van der Waals surface area (Å²) in [6, 6.07) is 18.6. The van der Waals surface area contributed by atoms with Crippen LogP contribution >= 0.6 is 0 Å². The maximum Gasteiger partial charge on any atom is 0.0666 e. The summed E-state index contributed by atoms with van der Waals surface area (Å²) in [6.45, 7) is 4.42. The van der Waals surface area contributed by atoms with E-state index in [1.807, 2.05) is 29.1 Å². The zero-order chi connectivity index (χ0) is 14.7. The first-order valence-electron chi connectivity index (χ1n) is 7.20. The van der Waals surface area contributed by atoms with Gasteiger partial charge >= 0.3 is 0 Å². The molecule has 0 spiro atoms. The van der Waals surface area contributed by atoms with Crippen LogP contribution in [-0.4, -0.2) is 9.78 Å². The zero-order valence-corrected chi connectivity index (χ0v) is 12.3. The van der Waals surface area contributed by atoms with Crippen molar-refractivity contribution in [2.45, 2.75) is 19.8 Å². The largest absolute Gasteiger partial charge is 0.355 e. The number of hydrogen-bond acceptors (Lipinski definition) is 2. The number of rotatable bonds is 4. The van der Waals surface area contributed by atoms with Gasteiger partial charge in [-0.05, 0) is 41.8 Å². The molecular formula is C18H19N3. The van der Waals surface area contributed by atoms with Crippen molar-refractivity contribution in [1.29, 1.82) is 0 Å². The van der Waals surface area contributed by atoms with Crippen molar-refractivity contribution in [3.8, 4) is 5.69 Å². The van der Waals surface area contributed by atoms with Gasteiger partial charge in [-0.2, -0.15) is 5.10 Å². The Bertz CT molecular complexity index is 715. The Kier molecular flexibility index (Phi) is 3.73. The van der Waals surface area contributed by atoms with Gasteiger partial charge in [0.25, 0.3) is 0 Å². The number of aromatic nitrogens is 2. The third-order valence-corrected chi connectivity index (χ3v) is 3.48. The molecule has 3 aromatic rings. The standard InChI is InChI=1S/C18H19N3/c1-14(2)17-9-3-4-10-18(17)20-15-7-5-8-16(13-15)21-12-6-11-19-21/h3-14,20H,1-2H3. The Morgan fingerprint density at radius 3 is 2.62 bits per heavy atom. The second kappa shape index (κ2) is 5.83. The quantitative estimate of drug-likeness (QED) is 0.746. The van der Waals surface area contributed by atoms with Gasteiger partial charge in [0.1, 0.15) is 0 Å². The number of hydrogen-bond donors (Lipinski definition) is 1. The second-order valence-electron chi connectivity index (χ2n) is 5.37. The molecule has 0 radical (unpaired) electrons. The van der Waals surface area contributed by atoms with Crippen LogP contribution in [0, 0.1) is 0 Å². The molecule has 106 valence electrons. The first kappa shape index (κ1) is 13.4. The average molecular weight is 277 g/mol. The van der Waals surface area contributed by atoms with Crippen molar-refractivity contribution in [3.63, 3.8) is 0 Å². The van der Waals surface area contributed by atoms with Gasteiger partial charge in [-0.15, -0.1) is 0 Å². The molecule has 0 aliphatic rings.